The van der Waals surface area contributed by atoms with E-state index in [-0.39, 0.29) is 0 Å². The van der Waals surface area contributed by atoms with Crippen molar-refractivity contribution in [3.8, 4) is 0 Å². The SMILES string of the molecule is [CH]1CCN(c2cncs2)CC1. The van der Waals surface area contributed by atoms with Gasteiger partial charge < -0.3 is 4.90 Å². The first kappa shape index (κ1) is 7.10. The van der Waals surface area contributed by atoms with E-state index in [0.717, 1.165) is 0 Å². The second-order valence-electron chi connectivity index (χ2n) is 2.69. The van der Waals surface area contributed by atoms with E-state index in [1.165, 1.54) is 30.9 Å². The summed E-state index contributed by atoms with van der Waals surface area (Å²) in [5.74, 6) is 0. The molecule has 0 aliphatic carbocycles. The van der Waals surface area contributed by atoms with E-state index in [1.807, 2.05) is 11.7 Å². The number of piperidine rings is 1. The molecule has 1 saturated heterocycles. The molecule has 1 fully saturated rings. The minimum atomic E-state index is 1.17. The smallest absolute Gasteiger partial charge is 0.111 e. The summed E-state index contributed by atoms with van der Waals surface area (Å²) in [6.07, 6.45) is 6.75. The van der Waals surface area contributed by atoms with Gasteiger partial charge >= 0.3 is 0 Å². The van der Waals surface area contributed by atoms with Crippen LogP contribution in [0.3, 0.4) is 0 Å². The molecule has 1 aromatic heterocycles. The predicted octanol–water partition coefficient (Wildman–Crippen LogP) is 1.95. The van der Waals surface area contributed by atoms with Gasteiger partial charge in [0.1, 0.15) is 5.00 Å². The fraction of sp³-hybridized carbons (Fsp3) is 0.500. The molecule has 11 heavy (non-hydrogen) atoms. The highest BCUT2D eigenvalue weighted by Crippen LogP contribution is 2.22. The predicted molar refractivity (Wildman–Crippen MR) is 47.9 cm³/mol. The first-order valence-electron chi connectivity index (χ1n) is 3.92. The molecule has 2 nitrogen and oxygen atoms in total. The van der Waals surface area contributed by atoms with Crippen molar-refractivity contribution in [3.05, 3.63) is 18.1 Å². The first-order valence-corrected chi connectivity index (χ1v) is 4.80. The van der Waals surface area contributed by atoms with Crippen molar-refractivity contribution in [3.63, 3.8) is 0 Å². The molecule has 2 rings (SSSR count). The molecule has 0 amide bonds. The number of aromatic nitrogens is 1. The second-order valence-corrected chi connectivity index (χ2v) is 3.56. The molecule has 0 bridgehead atoms. The van der Waals surface area contributed by atoms with Crippen LogP contribution >= 0.6 is 11.3 Å². The zero-order valence-electron chi connectivity index (χ0n) is 6.36. The molecule has 3 heteroatoms. The molecule has 0 atom stereocenters. The van der Waals surface area contributed by atoms with E-state index in [4.69, 9.17) is 0 Å². The highest BCUT2D eigenvalue weighted by molar-refractivity contribution is 7.13. The Morgan fingerprint density at radius 1 is 1.36 bits per heavy atom. The molecule has 1 aliphatic heterocycles. The summed E-state index contributed by atoms with van der Waals surface area (Å²) >= 11 is 1.73. The van der Waals surface area contributed by atoms with Gasteiger partial charge in [-0.1, -0.05) is 0 Å². The summed E-state index contributed by atoms with van der Waals surface area (Å²) < 4.78 is 0. The minimum Gasteiger partial charge on any atom is -0.362 e. The summed E-state index contributed by atoms with van der Waals surface area (Å²) in [6, 6.07) is 0. The third-order valence-electron chi connectivity index (χ3n) is 1.94. The lowest BCUT2D eigenvalue weighted by molar-refractivity contribution is 0.683. The molecule has 0 unspecified atom stereocenters. The summed E-state index contributed by atoms with van der Waals surface area (Å²) in [5, 5.41) is 1.32. The maximum atomic E-state index is 4.06. The summed E-state index contributed by atoms with van der Waals surface area (Å²) in [5.41, 5.74) is 1.90. The Hall–Kier alpha value is -0.570. The molecule has 59 valence electrons. The molecular weight excluding hydrogens is 156 g/mol. The quantitative estimate of drug-likeness (QED) is 0.635. The standard InChI is InChI=1S/C8H11N2S/c1-2-4-10(5-3-1)8-6-9-7-11-8/h1,6-7H,2-5H2. The van der Waals surface area contributed by atoms with Gasteiger partial charge in [0.2, 0.25) is 0 Å². The number of anilines is 1. The monoisotopic (exact) mass is 167 g/mol. The Kier molecular flexibility index (Phi) is 2.08. The van der Waals surface area contributed by atoms with Crippen LogP contribution in [0.2, 0.25) is 0 Å². The average molecular weight is 167 g/mol. The highest BCUT2D eigenvalue weighted by Gasteiger charge is 2.11. The molecule has 1 aliphatic rings. The topological polar surface area (TPSA) is 16.1 Å². The van der Waals surface area contributed by atoms with E-state index in [1.54, 1.807) is 11.3 Å². The first-order chi connectivity index (χ1) is 5.47. The van der Waals surface area contributed by atoms with Crippen LogP contribution in [0.5, 0.6) is 0 Å². The van der Waals surface area contributed by atoms with E-state index < -0.39 is 0 Å². The van der Waals surface area contributed by atoms with Crippen molar-refractivity contribution < 1.29 is 0 Å². The van der Waals surface area contributed by atoms with Crippen molar-refractivity contribution in [2.75, 3.05) is 18.0 Å². The fourth-order valence-electron chi connectivity index (χ4n) is 1.34. The Labute approximate surface area is 70.9 Å². The lowest BCUT2D eigenvalue weighted by Crippen LogP contribution is -2.28. The van der Waals surface area contributed by atoms with Gasteiger partial charge in [0.05, 0.1) is 11.7 Å². The van der Waals surface area contributed by atoms with Gasteiger partial charge in [-0.15, -0.1) is 11.3 Å². The molecular formula is C8H11N2S. The number of hydrogen-bond acceptors (Lipinski definition) is 3. The van der Waals surface area contributed by atoms with Crippen LogP contribution in [0.25, 0.3) is 0 Å². The van der Waals surface area contributed by atoms with Gasteiger partial charge in [-0.25, -0.2) is 0 Å². The molecule has 0 saturated carbocycles. The minimum absolute atomic E-state index is 1.17. The molecule has 0 N–H and O–H groups in total. The Morgan fingerprint density at radius 2 is 2.18 bits per heavy atom. The molecule has 1 aromatic rings. The third kappa shape index (κ3) is 1.53. The lowest BCUT2D eigenvalue weighted by atomic mass is 10.1. The summed E-state index contributed by atoms with van der Waals surface area (Å²) in [4.78, 5) is 6.46. The van der Waals surface area contributed by atoms with Gasteiger partial charge in [-0.3, -0.25) is 4.98 Å². The maximum absolute atomic E-state index is 4.06. The number of nitrogens with zero attached hydrogens (tertiary/aromatic N) is 2. The van der Waals surface area contributed by atoms with Crippen molar-refractivity contribution in [1.29, 1.82) is 0 Å². The zero-order valence-corrected chi connectivity index (χ0v) is 7.18. The van der Waals surface area contributed by atoms with Crippen LogP contribution in [0.4, 0.5) is 5.00 Å². The van der Waals surface area contributed by atoms with Gasteiger partial charge in [0.15, 0.2) is 0 Å². The Bertz CT molecular complexity index is 202. The Balaban J connectivity index is 2.04. The third-order valence-corrected chi connectivity index (χ3v) is 2.77. The largest absolute Gasteiger partial charge is 0.362 e. The second kappa shape index (κ2) is 3.22. The van der Waals surface area contributed by atoms with E-state index in [0.29, 0.717) is 0 Å². The normalized spacial score (nSPS) is 18.7. The van der Waals surface area contributed by atoms with Crippen molar-refractivity contribution >= 4 is 16.3 Å². The van der Waals surface area contributed by atoms with Crippen LogP contribution in [0.15, 0.2) is 11.7 Å². The van der Waals surface area contributed by atoms with Gasteiger partial charge in [-0.05, 0) is 19.3 Å². The lowest BCUT2D eigenvalue weighted by Gasteiger charge is -2.26. The maximum Gasteiger partial charge on any atom is 0.111 e. The number of hydrogen-bond donors (Lipinski definition) is 0. The van der Waals surface area contributed by atoms with Crippen LogP contribution in [-0.2, 0) is 0 Å². The van der Waals surface area contributed by atoms with Crippen molar-refractivity contribution in [2.45, 2.75) is 12.8 Å². The fourth-order valence-corrected chi connectivity index (χ4v) is 2.02. The van der Waals surface area contributed by atoms with E-state index in [2.05, 4.69) is 16.3 Å². The van der Waals surface area contributed by atoms with E-state index >= 15 is 0 Å². The van der Waals surface area contributed by atoms with Crippen LogP contribution in [0.1, 0.15) is 12.8 Å². The van der Waals surface area contributed by atoms with Gasteiger partial charge in [-0.2, -0.15) is 0 Å². The van der Waals surface area contributed by atoms with Gasteiger partial charge in [0.25, 0.3) is 0 Å². The molecule has 0 aromatic carbocycles. The molecule has 0 spiro atoms. The van der Waals surface area contributed by atoms with E-state index in [9.17, 15) is 0 Å². The summed E-state index contributed by atoms with van der Waals surface area (Å²) in [7, 11) is 0. The number of rotatable bonds is 1. The van der Waals surface area contributed by atoms with Crippen LogP contribution in [-0.4, -0.2) is 18.1 Å². The highest BCUT2D eigenvalue weighted by atomic mass is 32.1. The van der Waals surface area contributed by atoms with Crippen molar-refractivity contribution in [2.24, 2.45) is 0 Å². The van der Waals surface area contributed by atoms with Crippen molar-refractivity contribution in [1.82, 2.24) is 4.98 Å². The average Bonchev–Trinajstić information content (AvgIpc) is 2.58. The van der Waals surface area contributed by atoms with Crippen LogP contribution < -0.4 is 4.90 Å². The molecule has 1 radical (unpaired) electrons. The van der Waals surface area contributed by atoms with Gasteiger partial charge in [0, 0.05) is 13.1 Å². The molecule has 2 heterocycles. The van der Waals surface area contributed by atoms with Crippen LogP contribution in [0, 0.1) is 6.42 Å². The Morgan fingerprint density at radius 3 is 2.82 bits per heavy atom. The zero-order chi connectivity index (χ0) is 7.52. The number of thiazole rings is 1. The summed E-state index contributed by atoms with van der Waals surface area (Å²) in [6.45, 7) is 2.34.